The summed E-state index contributed by atoms with van der Waals surface area (Å²) in [6.45, 7) is 5.79. The van der Waals surface area contributed by atoms with E-state index in [9.17, 15) is 4.79 Å². The highest BCUT2D eigenvalue weighted by Crippen LogP contribution is 2.05. The Morgan fingerprint density at radius 3 is 2.61 bits per heavy atom. The summed E-state index contributed by atoms with van der Waals surface area (Å²) < 4.78 is 10.3. The molecule has 23 heavy (non-hydrogen) atoms. The Kier molecular flexibility index (Phi) is 8.82. The summed E-state index contributed by atoms with van der Waals surface area (Å²) in [7, 11) is 1.77. The van der Waals surface area contributed by atoms with Crippen molar-refractivity contribution in [3.63, 3.8) is 0 Å². The predicted octanol–water partition coefficient (Wildman–Crippen LogP) is 1.79. The quantitative estimate of drug-likeness (QED) is 0.443. The highest BCUT2D eigenvalue weighted by Gasteiger charge is 2.23. The molecule has 0 unspecified atom stereocenters. The van der Waals surface area contributed by atoms with E-state index in [0.29, 0.717) is 19.7 Å². The van der Waals surface area contributed by atoms with Crippen molar-refractivity contribution in [2.24, 2.45) is 4.99 Å². The maximum atomic E-state index is 11.7. The summed E-state index contributed by atoms with van der Waals surface area (Å²) in [4.78, 5) is 19.9. The number of aliphatic imine (C=N–C) groups is 1. The van der Waals surface area contributed by atoms with Gasteiger partial charge in [-0.2, -0.15) is 0 Å². The van der Waals surface area contributed by atoms with Crippen LogP contribution in [0.15, 0.2) is 27.8 Å². The lowest BCUT2D eigenvalue weighted by atomic mass is 10.3. The molecule has 1 aliphatic heterocycles. The van der Waals surface area contributed by atoms with Crippen LogP contribution in [-0.4, -0.2) is 68.2 Å². The van der Waals surface area contributed by atoms with Gasteiger partial charge in [0.1, 0.15) is 5.76 Å². The summed E-state index contributed by atoms with van der Waals surface area (Å²) in [5.74, 6) is 1.81. The summed E-state index contributed by atoms with van der Waals surface area (Å²) >= 11 is 0. The summed E-state index contributed by atoms with van der Waals surface area (Å²) in [5.41, 5.74) is 0. The van der Waals surface area contributed by atoms with E-state index in [2.05, 4.69) is 15.2 Å². The van der Waals surface area contributed by atoms with E-state index in [1.807, 2.05) is 19.1 Å². The first-order valence-corrected chi connectivity index (χ1v) is 7.64. The molecule has 2 heterocycles. The zero-order valence-electron chi connectivity index (χ0n) is 13.7. The van der Waals surface area contributed by atoms with Crippen LogP contribution in [0.3, 0.4) is 0 Å². The smallest absolute Gasteiger partial charge is 0.409 e. The van der Waals surface area contributed by atoms with E-state index in [1.54, 1.807) is 18.2 Å². The van der Waals surface area contributed by atoms with Crippen LogP contribution in [0, 0.1) is 0 Å². The molecule has 7 nitrogen and oxygen atoms in total. The van der Waals surface area contributed by atoms with Gasteiger partial charge in [-0.15, -0.1) is 24.0 Å². The number of nitrogens with zero attached hydrogens (tertiary/aromatic N) is 3. The minimum absolute atomic E-state index is 0. The van der Waals surface area contributed by atoms with Crippen molar-refractivity contribution in [1.82, 2.24) is 15.1 Å². The predicted molar refractivity (Wildman–Crippen MR) is 99.4 cm³/mol. The molecule has 1 fully saturated rings. The first kappa shape index (κ1) is 19.6. The summed E-state index contributed by atoms with van der Waals surface area (Å²) in [5, 5.41) is 3.33. The second kappa shape index (κ2) is 10.3. The largest absolute Gasteiger partial charge is 0.469 e. The second-order valence-electron chi connectivity index (χ2n) is 4.98. The molecule has 130 valence electrons. The summed E-state index contributed by atoms with van der Waals surface area (Å²) in [6.07, 6.45) is 2.26. The number of carbonyl (C=O) groups excluding carboxylic acids is 1. The number of amides is 1. The Balaban J connectivity index is 0.00000264. The van der Waals surface area contributed by atoms with Gasteiger partial charge in [-0.05, 0) is 19.1 Å². The lowest BCUT2D eigenvalue weighted by Gasteiger charge is -2.35. The lowest BCUT2D eigenvalue weighted by Crippen LogP contribution is -2.54. The lowest BCUT2D eigenvalue weighted by molar-refractivity contribution is 0.0914. The number of hydrogen-bond donors (Lipinski definition) is 1. The Labute approximate surface area is 154 Å². The molecule has 1 saturated heterocycles. The fourth-order valence-corrected chi connectivity index (χ4v) is 2.40. The molecule has 0 atom stereocenters. The van der Waals surface area contributed by atoms with Crippen LogP contribution in [-0.2, 0) is 11.2 Å². The molecule has 1 aromatic heterocycles. The van der Waals surface area contributed by atoms with Crippen molar-refractivity contribution in [2.45, 2.75) is 13.3 Å². The third-order valence-electron chi connectivity index (χ3n) is 3.55. The zero-order chi connectivity index (χ0) is 15.8. The third kappa shape index (κ3) is 5.92. The molecule has 0 aliphatic carbocycles. The molecule has 0 saturated carbocycles. The van der Waals surface area contributed by atoms with Gasteiger partial charge in [-0.3, -0.25) is 4.99 Å². The number of ether oxygens (including phenoxy) is 1. The highest BCUT2D eigenvalue weighted by atomic mass is 127. The molecule has 0 bridgehead atoms. The molecule has 2 rings (SSSR count). The molecule has 1 aliphatic rings. The van der Waals surface area contributed by atoms with Crippen LogP contribution in [0.4, 0.5) is 4.79 Å². The Morgan fingerprint density at radius 1 is 1.35 bits per heavy atom. The molecule has 8 heteroatoms. The number of guanidine groups is 1. The molecule has 1 aromatic rings. The standard InChI is InChI=1S/C15H24N4O3.HI/c1-3-21-15(20)19-10-8-18(9-11-19)14(16-2)17-7-6-13-5-4-12-22-13;/h4-5,12H,3,6-11H2,1-2H3,(H,16,17);1H. The first-order chi connectivity index (χ1) is 10.7. The number of rotatable bonds is 4. The Bertz CT molecular complexity index is 485. The average molecular weight is 436 g/mol. The van der Waals surface area contributed by atoms with Gasteiger partial charge in [0.15, 0.2) is 5.96 Å². The van der Waals surface area contributed by atoms with E-state index < -0.39 is 0 Å². The second-order valence-corrected chi connectivity index (χ2v) is 4.98. The number of hydrogen-bond acceptors (Lipinski definition) is 4. The van der Waals surface area contributed by atoms with Gasteiger partial charge in [0.2, 0.25) is 0 Å². The van der Waals surface area contributed by atoms with Crippen LogP contribution in [0.2, 0.25) is 0 Å². The maximum absolute atomic E-state index is 11.7. The Hall–Kier alpha value is -1.45. The van der Waals surface area contributed by atoms with E-state index in [1.165, 1.54) is 0 Å². The van der Waals surface area contributed by atoms with Crippen LogP contribution in [0.5, 0.6) is 0 Å². The fraction of sp³-hybridized carbons (Fsp3) is 0.600. The Morgan fingerprint density at radius 2 is 2.04 bits per heavy atom. The van der Waals surface area contributed by atoms with Crippen molar-refractivity contribution >= 4 is 36.0 Å². The minimum Gasteiger partial charge on any atom is -0.469 e. The van der Waals surface area contributed by atoms with Crippen LogP contribution in [0.25, 0.3) is 0 Å². The molecular formula is C15H25IN4O3. The van der Waals surface area contributed by atoms with Crippen molar-refractivity contribution in [3.05, 3.63) is 24.2 Å². The number of furan rings is 1. The van der Waals surface area contributed by atoms with E-state index in [4.69, 9.17) is 9.15 Å². The van der Waals surface area contributed by atoms with Crippen LogP contribution < -0.4 is 5.32 Å². The SMILES string of the molecule is CCOC(=O)N1CCN(C(=NC)NCCc2ccco2)CC1.I. The average Bonchev–Trinajstić information content (AvgIpc) is 3.05. The molecule has 1 amide bonds. The zero-order valence-corrected chi connectivity index (χ0v) is 16.0. The van der Waals surface area contributed by atoms with Crippen molar-refractivity contribution in [2.75, 3.05) is 46.4 Å². The van der Waals surface area contributed by atoms with Gasteiger partial charge >= 0.3 is 6.09 Å². The van der Waals surface area contributed by atoms with E-state index in [-0.39, 0.29) is 30.1 Å². The highest BCUT2D eigenvalue weighted by molar-refractivity contribution is 14.0. The summed E-state index contributed by atoms with van der Waals surface area (Å²) in [6, 6.07) is 3.85. The molecule has 0 spiro atoms. The molecular weight excluding hydrogens is 411 g/mol. The van der Waals surface area contributed by atoms with Gasteiger partial charge in [-0.1, -0.05) is 0 Å². The van der Waals surface area contributed by atoms with Crippen molar-refractivity contribution in [3.8, 4) is 0 Å². The normalized spacial score (nSPS) is 15.1. The van der Waals surface area contributed by atoms with E-state index >= 15 is 0 Å². The van der Waals surface area contributed by atoms with Gasteiger partial charge < -0.3 is 24.3 Å². The van der Waals surface area contributed by atoms with Crippen molar-refractivity contribution < 1.29 is 13.9 Å². The monoisotopic (exact) mass is 436 g/mol. The van der Waals surface area contributed by atoms with Gasteiger partial charge in [0, 0.05) is 46.2 Å². The van der Waals surface area contributed by atoms with Gasteiger partial charge in [0.25, 0.3) is 0 Å². The van der Waals surface area contributed by atoms with Crippen LogP contribution in [0.1, 0.15) is 12.7 Å². The number of piperazine rings is 1. The molecule has 0 radical (unpaired) electrons. The van der Waals surface area contributed by atoms with E-state index in [0.717, 1.165) is 37.8 Å². The maximum Gasteiger partial charge on any atom is 0.409 e. The van der Waals surface area contributed by atoms with Gasteiger partial charge in [0.05, 0.1) is 12.9 Å². The minimum atomic E-state index is -0.233. The first-order valence-electron chi connectivity index (χ1n) is 7.64. The fourth-order valence-electron chi connectivity index (χ4n) is 2.40. The number of halogens is 1. The molecule has 0 aromatic carbocycles. The topological polar surface area (TPSA) is 70.3 Å². The number of carbonyl (C=O) groups is 1. The van der Waals surface area contributed by atoms with Crippen molar-refractivity contribution in [1.29, 1.82) is 0 Å². The molecule has 1 N–H and O–H groups in total. The van der Waals surface area contributed by atoms with Gasteiger partial charge in [-0.25, -0.2) is 4.79 Å². The number of nitrogens with one attached hydrogen (secondary N) is 1. The van der Waals surface area contributed by atoms with Crippen LogP contribution >= 0.6 is 24.0 Å². The third-order valence-corrected chi connectivity index (χ3v) is 3.55.